The molecule has 4 rings (SSSR count). The zero-order valence-electron chi connectivity index (χ0n) is 19.2. The number of aromatic nitrogens is 2. The summed E-state index contributed by atoms with van der Waals surface area (Å²) < 4.78 is 16.4. The van der Waals surface area contributed by atoms with Crippen LogP contribution in [-0.2, 0) is 4.74 Å². The molecular weight excluding hydrogens is 420 g/mol. The maximum atomic E-state index is 13.3. The van der Waals surface area contributed by atoms with Gasteiger partial charge in [-0.25, -0.2) is 9.97 Å². The summed E-state index contributed by atoms with van der Waals surface area (Å²) in [6, 6.07) is 7.10. The van der Waals surface area contributed by atoms with Crippen LogP contribution in [0.3, 0.4) is 0 Å². The highest BCUT2D eigenvalue weighted by molar-refractivity contribution is 5.98. The lowest BCUT2D eigenvalue weighted by atomic mass is 10.1. The standard InChI is InChI=1S/C25H30N4O4/c1-31-17-20-18-33-23-16-21(32-2)6-7-22(23)25(30)29(20)13-4-3-12-28-14-8-19(9-15-28)24-26-10-5-11-27-24/h5-8,10-11,16,18H,3-4,9,12-15,17H2,1-2H3. The Balaban J connectivity index is 1.33. The Labute approximate surface area is 194 Å². The summed E-state index contributed by atoms with van der Waals surface area (Å²) in [5.74, 6) is 1.89. The molecule has 1 aromatic heterocycles. The highest BCUT2D eigenvalue weighted by Crippen LogP contribution is 2.30. The Bertz CT molecular complexity index is 1020. The first kappa shape index (κ1) is 22.9. The summed E-state index contributed by atoms with van der Waals surface area (Å²) in [6.45, 7) is 3.78. The van der Waals surface area contributed by atoms with Crippen molar-refractivity contribution in [2.24, 2.45) is 0 Å². The van der Waals surface area contributed by atoms with Crippen molar-refractivity contribution in [1.82, 2.24) is 19.8 Å². The number of hydrogen-bond acceptors (Lipinski definition) is 7. The van der Waals surface area contributed by atoms with Crippen LogP contribution in [0.4, 0.5) is 0 Å². The number of nitrogens with zero attached hydrogens (tertiary/aromatic N) is 4. The van der Waals surface area contributed by atoms with Gasteiger partial charge < -0.3 is 19.1 Å². The zero-order chi connectivity index (χ0) is 23.0. The molecule has 0 saturated heterocycles. The molecule has 2 aromatic rings. The minimum Gasteiger partial charge on any atom is -0.497 e. The van der Waals surface area contributed by atoms with Gasteiger partial charge in [-0.2, -0.15) is 0 Å². The Morgan fingerprint density at radius 2 is 1.94 bits per heavy atom. The Hall–Kier alpha value is -3.23. The van der Waals surface area contributed by atoms with Crippen LogP contribution in [0, 0.1) is 0 Å². The minimum absolute atomic E-state index is 0.0816. The molecule has 0 aliphatic carbocycles. The molecule has 0 fully saturated rings. The van der Waals surface area contributed by atoms with Crippen molar-refractivity contribution in [2.45, 2.75) is 19.3 Å². The first-order chi connectivity index (χ1) is 16.2. The van der Waals surface area contributed by atoms with E-state index in [4.69, 9.17) is 14.2 Å². The second-order valence-electron chi connectivity index (χ2n) is 8.04. The number of carbonyl (C=O) groups is 1. The Morgan fingerprint density at radius 1 is 1.12 bits per heavy atom. The number of methoxy groups -OCH3 is 2. The number of benzene rings is 1. The van der Waals surface area contributed by atoms with Gasteiger partial charge >= 0.3 is 0 Å². The Morgan fingerprint density at radius 3 is 2.67 bits per heavy atom. The average molecular weight is 451 g/mol. The molecule has 0 spiro atoms. The van der Waals surface area contributed by atoms with Crippen LogP contribution in [-0.4, -0.2) is 72.7 Å². The summed E-state index contributed by atoms with van der Waals surface area (Å²) in [5, 5.41) is 0. The van der Waals surface area contributed by atoms with Crippen LogP contribution >= 0.6 is 0 Å². The largest absolute Gasteiger partial charge is 0.497 e. The van der Waals surface area contributed by atoms with Crippen LogP contribution in [0.2, 0.25) is 0 Å². The predicted molar refractivity (Wildman–Crippen MR) is 125 cm³/mol. The van der Waals surface area contributed by atoms with Gasteiger partial charge in [-0.15, -0.1) is 0 Å². The van der Waals surface area contributed by atoms with E-state index in [-0.39, 0.29) is 5.91 Å². The fourth-order valence-corrected chi connectivity index (χ4v) is 4.07. The molecule has 0 bridgehead atoms. The summed E-state index contributed by atoms with van der Waals surface area (Å²) in [4.78, 5) is 26.2. The van der Waals surface area contributed by atoms with Crippen molar-refractivity contribution < 1.29 is 19.0 Å². The van der Waals surface area contributed by atoms with Crippen molar-refractivity contribution in [3.05, 3.63) is 66.1 Å². The van der Waals surface area contributed by atoms with E-state index in [0.717, 1.165) is 44.7 Å². The fraction of sp³-hybridized carbons (Fsp3) is 0.400. The molecule has 0 unspecified atom stereocenters. The van der Waals surface area contributed by atoms with E-state index in [0.29, 0.717) is 35.9 Å². The molecule has 2 aliphatic rings. The number of ether oxygens (including phenoxy) is 3. The maximum absolute atomic E-state index is 13.3. The van der Waals surface area contributed by atoms with Gasteiger partial charge in [0.05, 0.1) is 25.0 Å². The van der Waals surface area contributed by atoms with E-state index in [1.165, 1.54) is 5.57 Å². The fourth-order valence-electron chi connectivity index (χ4n) is 4.07. The van der Waals surface area contributed by atoms with Gasteiger partial charge in [0, 0.05) is 45.2 Å². The van der Waals surface area contributed by atoms with E-state index in [2.05, 4.69) is 20.9 Å². The molecule has 1 amide bonds. The minimum atomic E-state index is -0.0816. The van der Waals surface area contributed by atoms with Crippen molar-refractivity contribution >= 4 is 11.5 Å². The zero-order valence-corrected chi connectivity index (χ0v) is 19.2. The quantitative estimate of drug-likeness (QED) is 0.542. The smallest absolute Gasteiger partial charge is 0.261 e. The van der Waals surface area contributed by atoms with E-state index < -0.39 is 0 Å². The molecule has 0 radical (unpaired) electrons. The van der Waals surface area contributed by atoms with E-state index in [1.807, 2.05) is 6.07 Å². The molecular formula is C25H30N4O4. The first-order valence-corrected chi connectivity index (χ1v) is 11.2. The van der Waals surface area contributed by atoms with Gasteiger partial charge in [0.2, 0.25) is 0 Å². The van der Waals surface area contributed by atoms with Gasteiger partial charge in [-0.1, -0.05) is 6.08 Å². The third kappa shape index (κ3) is 5.58. The maximum Gasteiger partial charge on any atom is 0.261 e. The molecule has 0 N–H and O–H groups in total. The number of carbonyl (C=O) groups excluding carboxylic acids is 1. The normalized spacial score (nSPS) is 16.4. The molecule has 0 atom stereocenters. The molecule has 2 aliphatic heterocycles. The number of rotatable bonds is 9. The highest BCUT2D eigenvalue weighted by Gasteiger charge is 2.26. The van der Waals surface area contributed by atoms with Crippen molar-refractivity contribution in [1.29, 1.82) is 0 Å². The lowest BCUT2D eigenvalue weighted by Crippen LogP contribution is -2.33. The van der Waals surface area contributed by atoms with E-state index >= 15 is 0 Å². The summed E-state index contributed by atoms with van der Waals surface area (Å²) >= 11 is 0. The van der Waals surface area contributed by atoms with Crippen LogP contribution in [0.1, 0.15) is 35.4 Å². The van der Waals surface area contributed by atoms with Crippen LogP contribution in [0.5, 0.6) is 11.5 Å². The van der Waals surface area contributed by atoms with E-state index in [1.54, 1.807) is 56.0 Å². The van der Waals surface area contributed by atoms with Gasteiger partial charge in [0.1, 0.15) is 17.8 Å². The summed E-state index contributed by atoms with van der Waals surface area (Å²) in [6.07, 6.45) is 10.2. The first-order valence-electron chi connectivity index (χ1n) is 11.2. The molecule has 33 heavy (non-hydrogen) atoms. The average Bonchev–Trinajstić information content (AvgIpc) is 2.99. The van der Waals surface area contributed by atoms with Crippen molar-refractivity contribution in [3.63, 3.8) is 0 Å². The molecule has 1 aromatic carbocycles. The highest BCUT2D eigenvalue weighted by atomic mass is 16.5. The predicted octanol–water partition coefficient (Wildman–Crippen LogP) is 3.38. The third-order valence-corrected chi connectivity index (χ3v) is 5.88. The van der Waals surface area contributed by atoms with Gasteiger partial charge in [-0.05, 0) is 49.6 Å². The SMILES string of the molecule is COCC1=COc2cc(OC)ccc2C(=O)N1CCCCN1CC=C(c2ncccn2)CC1. The summed E-state index contributed by atoms with van der Waals surface area (Å²) in [7, 11) is 3.20. The molecule has 174 valence electrons. The number of hydrogen-bond donors (Lipinski definition) is 0. The number of amides is 1. The van der Waals surface area contributed by atoms with Gasteiger partial charge in [0.15, 0.2) is 5.82 Å². The van der Waals surface area contributed by atoms with E-state index in [9.17, 15) is 4.79 Å². The molecule has 8 heteroatoms. The molecule has 8 nitrogen and oxygen atoms in total. The molecule has 3 heterocycles. The summed E-state index contributed by atoms with van der Waals surface area (Å²) in [5.41, 5.74) is 2.45. The van der Waals surface area contributed by atoms with Crippen molar-refractivity contribution in [3.8, 4) is 11.5 Å². The second-order valence-corrected chi connectivity index (χ2v) is 8.04. The van der Waals surface area contributed by atoms with Crippen LogP contribution < -0.4 is 9.47 Å². The monoisotopic (exact) mass is 450 g/mol. The third-order valence-electron chi connectivity index (χ3n) is 5.88. The Kier molecular flexibility index (Phi) is 7.70. The number of fused-ring (bicyclic) bond motifs is 1. The van der Waals surface area contributed by atoms with Crippen LogP contribution in [0.25, 0.3) is 5.57 Å². The topological polar surface area (TPSA) is 77.0 Å². The van der Waals surface area contributed by atoms with Crippen LogP contribution in [0.15, 0.2) is 54.7 Å². The van der Waals surface area contributed by atoms with Gasteiger partial charge in [-0.3, -0.25) is 9.69 Å². The number of unbranched alkanes of at least 4 members (excludes halogenated alkanes) is 1. The molecule has 0 saturated carbocycles. The lowest BCUT2D eigenvalue weighted by Gasteiger charge is -2.27. The van der Waals surface area contributed by atoms with Crippen molar-refractivity contribution in [2.75, 3.05) is 47.0 Å². The van der Waals surface area contributed by atoms with Gasteiger partial charge in [0.25, 0.3) is 5.91 Å². The second kappa shape index (κ2) is 11.1. The lowest BCUT2D eigenvalue weighted by molar-refractivity contribution is 0.0771.